The van der Waals surface area contributed by atoms with Gasteiger partial charge in [0.1, 0.15) is 0 Å². The van der Waals surface area contributed by atoms with Crippen molar-refractivity contribution in [2.75, 3.05) is 0 Å². The van der Waals surface area contributed by atoms with Crippen molar-refractivity contribution in [1.82, 2.24) is 5.32 Å². The van der Waals surface area contributed by atoms with E-state index in [1.54, 1.807) is 13.0 Å². The summed E-state index contributed by atoms with van der Waals surface area (Å²) in [4.78, 5) is 11.6. The summed E-state index contributed by atoms with van der Waals surface area (Å²) in [6.45, 7) is 1.67. The number of nitrogens with two attached hydrogens (primary N) is 1. The zero-order chi connectivity index (χ0) is 12.6. The first-order valence-corrected chi connectivity index (χ1v) is 6.29. The minimum absolute atomic E-state index is 0. The van der Waals surface area contributed by atoms with Crippen LogP contribution in [0.2, 0.25) is 10.0 Å². The van der Waals surface area contributed by atoms with Gasteiger partial charge in [0.05, 0.1) is 22.1 Å². The van der Waals surface area contributed by atoms with Gasteiger partial charge in [0.15, 0.2) is 0 Å². The first-order valence-electron chi connectivity index (χ1n) is 5.53. The molecule has 100 valence electrons. The third-order valence-electron chi connectivity index (χ3n) is 3.02. The zero-order valence-electron chi connectivity index (χ0n) is 9.87. The SMILES string of the molecule is C[C@@H](N)C(=O)NC1CCc2c1ccc(Cl)c2Cl.Cl. The molecule has 1 unspecified atom stereocenters. The molecule has 0 saturated carbocycles. The van der Waals surface area contributed by atoms with Crippen molar-refractivity contribution in [3.05, 3.63) is 33.3 Å². The standard InChI is InChI=1S/C12H14Cl2N2O.ClH/c1-6(15)12(17)16-10-5-3-8-7(10)2-4-9(13)11(8)14;/h2,4,6,10H,3,5,15H2,1H3,(H,16,17);1H/t6-,10?;/m1./s1. The topological polar surface area (TPSA) is 55.1 Å². The van der Waals surface area contributed by atoms with Gasteiger partial charge in [-0.3, -0.25) is 4.79 Å². The van der Waals surface area contributed by atoms with Gasteiger partial charge >= 0.3 is 0 Å². The first-order chi connectivity index (χ1) is 8.00. The van der Waals surface area contributed by atoms with Crippen molar-refractivity contribution in [2.45, 2.75) is 31.8 Å². The Bertz CT molecular complexity index is 463. The largest absolute Gasteiger partial charge is 0.348 e. The summed E-state index contributed by atoms with van der Waals surface area (Å²) in [6.07, 6.45) is 1.67. The van der Waals surface area contributed by atoms with Crippen LogP contribution in [-0.4, -0.2) is 11.9 Å². The average Bonchev–Trinajstić information content (AvgIpc) is 2.67. The molecule has 0 aromatic heterocycles. The molecule has 1 aromatic carbocycles. The third kappa shape index (κ3) is 2.91. The van der Waals surface area contributed by atoms with Crippen LogP contribution in [0.4, 0.5) is 0 Å². The molecule has 18 heavy (non-hydrogen) atoms. The number of carbonyl (C=O) groups is 1. The molecule has 0 aliphatic heterocycles. The fourth-order valence-corrected chi connectivity index (χ4v) is 2.53. The normalized spacial score (nSPS) is 18.8. The zero-order valence-corrected chi connectivity index (χ0v) is 12.2. The van der Waals surface area contributed by atoms with Gasteiger partial charge in [-0.25, -0.2) is 0 Å². The van der Waals surface area contributed by atoms with Crippen molar-refractivity contribution < 1.29 is 4.79 Å². The van der Waals surface area contributed by atoms with E-state index in [4.69, 9.17) is 28.9 Å². The van der Waals surface area contributed by atoms with Crippen LogP contribution in [0.3, 0.4) is 0 Å². The smallest absolute Gasteiger partial charge is 0.237 e. The van der Waals surface area contributed by atoms with Crippen LogP contribution in [0, 0.1) is 0 Å². The summed E-state index contributed by atoms with van der Waals surface area (Å²) in [5.74, 6) is -0.145. The van der Waals surface area contributed by atoms with E-state index in [9.17, 15) is 4.79 Å². The Morgan fingerprint density at radius 2 is 2.17 bits per heavy atom. The van der Waals surface area contributed by atoms with Crippen molar-refractivity contribution in [3.8, 4) is 0 Å². The highest BCUT2D eigenvalue weighted by Crippen LogP contribution is 2.38. The van der Waals surface area contributed by atoms with Crippen LogP contribution in [0.25, 0.3) is 0 Å². The van der Waals surface area contributed by atoms with Crippen molar-refractivity contribution in [1.29, 1.82) is 0 Å². The lowest BCUT2D eigenvalue weighted by molar-refractivity contribution is -0.122. The maximum atomic E-state index is 11.6. The molecule has 3 nitrogen and oxygen atoms in total. The molecule has 3 N–H and O–H groups in total. The van der Waals surface area contributed by atoms with Crippen LogP contribution in [0.5, 0.6) is 0 Å². The van der Waals surface area contributed by atoms with Gasteiger partial charge in [-0.1, -0.05) is 29.3 Å². The van der Waals surface area contributed by atoms with E-state index in [1.807, 2.05) is 6.07 Å². The molecule has 2 atom stereocenters. The summed E-state index contributed by atoms with van der Waals surface area (Å²) in [7, 11) is 0. The maximum absolute atomic E-state index is 11.6. The fraction of sp³-hybridized carbons (Fsp3) is 0.417. The number of fused-ring (bicyclic) bond motifs is 1. The monoisotopic (exact) mass is 308 g/mol. The lowest BCUT2D eigenvalue weighted by Crippen LogP contribution is -2.39. The van der Waals surface area contributed by atoms with E-state index >= 15 is 0 Å². The highest BCUT2D eigenvalue weighted by molar-refractivity contribution is 6.42. The first kappa shape index (κ1) is 15.6. The van der Waals surface area contributed by atoms with Gasteiger partial charge in [-0.05, 0) is 37.0 Å². The van der Waals surface area contributed by atoms with Crippen molar-refractivity contribution >= 4 is 41.5 Å². The number of halogens is 3. The summed E-state index contributed by atoms with van der Waals surface area (Å²) in [5.41, 5.74) is 7.61. The maximum Gasteiger partial charge on any atom is 0.237 e. The van der Waals surface area contributed by atoms with Gasteiger partial charge < -0.3 is 11.1 Å². The van der Waals surface area contributed by atoms with E-state index in [-0.39, 0.29) is 24.4 Å². The Kier molecular flexibility index (Phi) is 5.29. The van der Waals surface area contributed by atoms with Crippen LogP contribution >= 0.6 is 35.6 Å². The lowest BCUT2D eigenvalue weighted by atomic mass is 10.1. The molecule has 1 aliphatic carbocycles. The minimum Gasteiger partial charge on any atom is -0.348 e. The molecule has 0 heterocycles. The Hall–Kier alpha value is -0.480. The number of carbonyl (C=O) groups excluding carboxylic acids is 1. The van der Waals surface area contributed by atoms with Crippen LogP contribution in [0.1, 0.15) is 30.5 Å². The Morgan fingerprint density at radius 1 is 1.50 bits per heavy atom. The highest BCUT2D eigenvalue weighted by Gasteiger charge is 2.27. The summed E-state index contributed by atoms with van der Waals surface area (Å²) in [6, 6.07) is 3.18. The molecule has 0 bridgehead atoms. The summed E-state index contributed by atoms with van der Waals surface area (Å²) < 4.78 is 0. The van der Waals surface area contributed by atoms with Gasteiger partial charge in [0.2, 0.25) is 5.91 Å². The number of rotatable bonds is 2. The lowest BCUT2D eigenvalue weighted by Gasteiger charge is -2.16. The van der Waals surface area contributed by atoms with Crippen LogP contribution in [-0.2, 0) is 11.2 Å². The molecule has 0 spiro atoms. The average molecular weight is 310 g/mol. The van der Waals surface area contributed by atoms with E-state index in [1.165, 1.54) is 0 Å². The summed E-state index contributed by atoms with van der Waals surface area (Å²) in [5, 5.41) is 4.07. The fourth-order valence-electron chi connectivity index (χ4n) is 2.09. The molecular weight excluding hydrogens is 295 g/mol. The number of benzene rings is 1. The van der Waals surface area contributed by atoms with Gasteiger partial charge in [-0.15, -0.1) is 12.4 Å². The van der Waals surface area contributed by atoms with Gasteiger partial charge in [0, 0.05) is 0 Å². The van der Waals surface area contributed by atoms with Crippen LogP contribution < -0.4 is 11.1 Å². The Balaban J connectivity index is 0.00000162. The Morgan fingerprint density at radius 3 is 2.78 bits per heavy atom. The minimum atomic E-state index is -0.498. The van der Waals surface area contributed by atoms with Crippen LogP contribution in [0.15, 0.2) is 12.1 Å². The molecule has 0 saturated heterocycles. The predicted octanol–water partition coefficient (Wildman–Crippen LogP) is 2.87. The number of hydrogen-bond donors (Lipinski definition) is 2. The second-order valence-corrected chi connectivity index (χ2v) is 5.10. The van der Waals surface area contributed by atoms with Crippen molar-refractivity contribution in [2.24, 2.45) is 5.73 Å². The third-order valence-corrected chi connectivity index (χ3v) is 3.86. The Labute approximate surface area is 122 Å². The second kappa shape index (κ2) is 6.11. The molecule has 2 rings (SSSR count). The van der Waals surface area contributed by atoms with E-state index in [2.05, 4.69) is 5.32 Å². The van der Waals surface area contributed by atoms with E-state index < -0.39 is 6.04 Å². The molecule has 6 heteroatoms. The molecule has 1 amide bonds. The molecule has 0 radical (unpaired) electrons. The molecule has 1 aromatic rings. The summed E-state index contributed by atoms with van der Waals surface area (Å²) >= 11 is 12.1. The highest BCUT2D eigenvalue weighted by atomic mass is 35.5. The van der Waals surface area contributed by atoms with E-state index in [0.29, 0.717) is 10.0 Å². The molecule has 1 aliphatic rings. The van der Waals surface area contributed by atoms with Crippen molar-refractivity contribution in [3.63, 3.8) is 0 Å². The number of nitrogens with one attached hydrogen (secondary N) is 1. The second-order valence-electron chi connectivity index (χ2n) is 4.32. The predicted molar refractivity (Wildman–Crippen MR) is 76.6 cm³/mol. The quantitative estimate of drug-likeness (QED) is 0.882. The number of hydrogen-bond acceptors (Lipinski definition) is 2. The van der Waals surface area contributed by atoms with E-state index in [0.717, 1.165) is 24.0 Å². The van der Waals surface area contributed by atoms with Gasteiger partial charge in [-0.2, -0.15) is 0 Å². The molecular formula is C12H15Cl3N2O. The van der Waals surface area contributed by atoms with Gasteiger partial charge in [0.25, 0.3) is 0 Å². The number of amides is 1. The molecule has 0 fully saturated rings.